The van der Waals surface area contributed by atoms with E-state index < -0.39 is 0 Å². The van der Waals surface area contributed by atoms with E-state index in [1.165, 1.54) is 0 Å². The van der Waals surface area contributed by atoms with Crippen molar-refractivity contribution in [2.45, 2.75) is 12.5 Å². The van der Waals surface area contributed by atoms with Crippen LogP contribution in [-0.4, -0.2) is 19.7 Å². The van der Waals surface area contributed by atoms with Gasteiger partial charge in [-0.05, 0) is 40.5 Å². The Kier molecular flexibility index (Phi) is 3.98. The van der Waals surface area contributed by atoms with Crippen molar-refractivity contribution in [1.29, 1.82) is 0 Å². The van der Waals surface area contributed by atoms with Crippen LogP contribution in [0.5, 0.6) is 5.75 Å². The van der Waals surface area contributed by atoms with Gasteiger partial charge >= 0.3 is 0 Å². The Morgan fingerprint density at radius 3 is 2.90 bits per heavy atom. The van der Waals surface area contributed by atoms with Gasteiger partial charge in [-0.15, -0.1) is 0 Å². The Morgan fingerprint density at radius 2 is 2.15 bits per heavy atom. The van der Waals surface area contributed by atoms with Crippen molar-refractivity contribution in [1.82, 2.24) is 0 Å². The third-order valence-electron chi connectivity index (χ3n) is 3.52. The molecule has 1 aromatic carbocycles. The normalized spacial score (nSPS) is 16.2. The van der Waals surface area contributed by atoms with E-state index in [0.717, 1.165) is 41.2 Å². The van der Waals surface area contributed by atoms with Gasteiger partial charge in [0.05, 0.1) is 23.0 Å². The average Bonchev–Trinajstić information content (AvgIpc) is 2.77. The molecule has 20 heavy (non-hydrogen) atoms. The molecule has 1 unspecified atom stereocenters. The first-order valence-electron chi connectivity index (χ1n) is 6.72. The van der Waals surface area contributed by atoms with Crippen LogP contribution in [0, 0.1) is 0 Å². The second-order valence-corrected chi connectivity index (χ2v) is 5.60. The Hall–Kier alpha value is -1.46. The maximum absolute atomic E-state index is 6.01. The van der Waals surface area contributed by atoms with E-state index in [1.807, 2.05) is 24.3 Å². The molecule has 3 rings (SSSR count). The lowest BCUT2D eigenvalue weighted by Gasteiger charge is -2.31. The number of furan rings is 1. The number of fused-ring (bicyclic) bond motifs is 1. The first kappa shape index (κ1) is 13.5. The molecule has 2 heterocycles. The summed E-state index contributed by atoms with van der Waals surface area (Å²) in [4.78, 5) is 2.27. The van der Waals surface area contributed by atoms with Crippen LogP contribution >= 0.6 is 15.9 Å². The molecule has 0 fully saturated rings. The van der Waals surface area contributed by atoms with Gasteiger partial charge in [0.25, 0.3) is 0 Å². The second kappa shape index (κ2) is 5.89. The highest BCUT2D eigenvalue weighted by atomic mass is 79.9. The molecular weight excluding hydrogens is 320 g/mol. The van der Waals surface area contributed by atoms with Gasteiger partial charge in [0.15, 0.2) is 0 Å². The molecule has 0 saturated carbocycles. The van der Waals surface area contributed by atoms with Crippen LogP contribution in [0.2, 0.25) is 0 Å². The highest BCUT2D eigenvalue weighted by Crippen LogP contribution is 2.38. The van der Waals surface area contributed by atoms with Gasteiger partial charge in [-0.25, -0.2) is 0 Å². The first-order chi connectivity index (χ1) is 9.81. The summed E-state index contributed by atoms with van der Waals surface area (Å²) in [6.07, 6.45) is 2.64. The summed E-state index contributed by atoms with van der Waals surface area (Å²) in [5.74, 6) is 1.77. The third kappa shape index (κ3) is 2.43. The molecular formula is C15H17BrN2O2. The first-order valence-corrected chi connectivity index (χ1v) is 7.52. The Morgan fingerprint density at radius 1 is 1.30 bits per heavy atom. The Bertz CT molecular complexity index is 585. The monoisotopic (exact) mass is 336 g/mol. The van der Waals surface area contributed by atoms with E-state index in [-0.39, 0.29) is 6.04 Å². The lowest BCUT2D eigenvalue weighted by molar-refractivity contribution is 0.322. The largest absolute Gasteiger partial charge is 0.491 e. The fourth-order valence-electron chi connectivity index (χ4n) is 2.60. The zero-order chi connectivity index (χ0) is 13.9. The Balaban J connectivity index is 2.01. The molecule has 0 saturated heterocycles. The third-order valence-corrected chi connectivity index (χ3v) is 4.18. The van der Waals surface area contributed by atoms with E-state index in [2.05, 4.69) is 26.9 Å². The molecule has 1 aliphatic heterocycles. The zero-order valence-electron chi connectivity index (χ0n) is 11.1. The van der Waals surface area contributed by atoms with Crippen molar-refractivity contribution in [3.63, 3.8) is 0 Å². The number of nitrogens with zero attached hydrogens (tertiary/aromatic N) is 1. The molecule has 0 aliphatic carbocycles. The van der Waals surface area contributed by atoms with Crippen molar-refractivity contribution in [2.24, 2.45) is 5.73 Å². The number of halogens is 1. The van der Waals surface area contributed by atoms with Crippen LogP contribution < -0.4 is 15.4 Å². The van der Waals surface area contributed by atoms with Gasteiger partial charge < -0.3 is 19.8 Å². The molecule has 2 aromatic rings. The van der Waals surface area contributed by atoms with Gasteiger partial charge in [0.1, 0.15) is 17.6 Å². The number of nitrogens with two attached hydrogens (primary N) is 1. The van der Waals surface area contributed by atoms with E-state index >= 15 is 0 Å². The molecule has 0 spiro atoms. The number of hydrogen-bond donors (Lipinski definition) is 1. The highest BCUT2D eigenvalue weighted by molar-refractivity contribution is 9.10. The smallest absolute Gasteiger partial charge is 0.142 e. The summed E-state index contributed by atoms with van der Waals surface area (Å²) >= 11 is 3.53. The summed E-state index contributed by atoms with van der Waals surface area (Å²) in [6, 6.07) is 9.98. The molecule has 4 nitrogen and oxygen atoms in total. The summed E-state index contributed by atoms with van der Waals surface area (Å²) in [5.41, 5.74) is 7.08. The molecule has 1 aromatic heterocycles. The fraction of sp³-hybridized carbons (Fsp3) is 0.333. The summed E-state index contributed by atoms with van der Waals surface area (Å²) < 4.78 is 12.4. The fourth-order valence-corrected chi connectivity index (χ4v) is 3.06. The molecule has 0 bridgehead atoms. The summed E-state index contributed by atoms with van der Waals surface area (Å²) in [7, 11) is 0. The SMILES string of the molecule is NCC(c1occc1Br)N1CCCOc2ccccc21. The molecule has 2 N–H and O–H groups in total. The standard InChI is InChI=1S/C15H17BrN2O2/c16-11-6-9-20-15(11)13(10-17)18-7-3-8-19-14-5-2-1-4-12(14)18/h1-2,4-6,9,13H,3,7-8,10,17H2. The summed E-state index contributed by atoms with van der Waals surface area (Å²) in [6.45, 7) is 2.11. The molecule has 0 radical (unpaired) electrons. The lowest BCUT2D eigenvalue weighted by Crippen LogP contribution is -2.34. The Labute approximate surface area is 126 Å². The van der Waals surface area contributed by atoms with E-state index in [1.54, 1.807) is 6.26 Å². The minimum atomic E-state index is 0.00206. The van der Waals surface area contributed by atoms with Gasteiger partial charge in [0.2, 0.25) is 0 Å². The van der Waals surface area contributed by atoms with Crippen LogP contribution in [0.15, 0.2) is 45.5 Å². The molecule has 5 heteroatoms. The van der Waals surface area contributed by atoms with Crippen LogP contribution in [-0.2, 0) is 0 Å². The van der Waals surface area contributed by atoms with Crippen molar-refractivity contribution in [3.8, 4) is 5.75 Å². The van der Waals surface area contributed by atoms with Gasteiger partial charge in [-0.1, -0.05) is 12.1 Å². The van der Waals surface area contributed by atoms with Gasteiger partial charge in [-0.3, -0.25) is 0 Å². The average molecular weight is 337 g/mol. The molecule has 1 aliphatic rings. The second-order valence-electron chi connectivity index (χ2n) is 4.75. The highest BCUT2D eigenvalue weighted by Gasteiger charge is 2.27. The maximum atomic E-state index is 6.01. The van der Waals surface area contributed by atoms with Gasteiger partial charge in [0, 0.05) is 13.1 Å². The summed E-state index contributed by atoms with van der Waals surface area (Å²) in [5, 5.41) is 0. The van der Waals surface area contributed by atoms with Crippen LogP contribution in [0.3, 0.4) is 0 Å². The number of para-hydroxylation sites is 2. The van der Waals surface area contributed by atoms with Crippen molar-refractivity contribution < 1.29 is 9.15 Å². The number of ether oxygens (including phenoxy) is 1. The number of rotatable bonds is 3. The maximum Gasteiger partial charge on any atom is 0.142 e. The minimum Gasteiger partial charge on any atom is -0.491 e. The van der Waals surface area contributed by atoms with E-state index in [4.69, 9.17) is 14.9 Å². The lowest BCUT2D eigenvalue weighted by atomic mass is 10.1. The predicted octanol–water partition coefficient (Wildman–Crippen LogP) is 3.33. The van der Waals surface area contributed by atoms with Crippen molar-refractivity contribution in [3.05, 3.63) is 46.8 Å². The topological polar surface area (TPSA) is 51.6 Å². The predicted molar refractivity (Wildman–Crippen MR) is 82.1 cm³/mol. The van der Waals surface area contributed by atoms with E-state index in [9.17, 15) is 0 Å². The quantitative estimate of drug-likeness (QED) is 0.933. The zero-order valence-corrected chi connectivity index (χ0v) is 12.7. The van der Waals surface area contributed by atoms with Crippen LogP contribution in [0.1, 0.15) is 18.2 Å². The molecule has 0 amide bonds. The van der Waals surface area contributed by atoms with Crippen LogP contribution in [0.25, 0.3) is 0 Å². The molecule has 1 atom stereocenters. The minimum absolute atomic E-state index is 0.00206. The number of anilines is 1. The van der Waals surface area contributed by atoms with E-state index in [0.29, 0.717) is 6.54 Å². The van der Waals surface area contributed by atoms with Crippen LogP contribution in [0.4, 0.5) is 5.69 Å². The van der Waals surface area contributed by atoms with Gasteiger partial charge in [-0.2, -0.15) is 0 Å². The number of hydrogen-bond acceptors (Lipinski definition) is 4. The number of benzene rings is 1. The van der Waals surface area contributed by atoms with Crippen molar-refractivity contribution >= 4 is 21.6 Å². The van der Waals surface area contributed by atoms with Crippen molar-refractivity contribution in [2.75, 3.05) is 24.6 Å². The molecule has 106 valence electrons.